The number of nitrogens with two attached hydrogens (primary N) is 1. The van der Waals surface area contributed by atoms with Crippen LogP contribution in [0.2, 0.25) is 0 Å². The molecule has 1 aliphatic rings. The molecule has 6 heteroatoms. The molecule has 1 aromatic heterocycles. The number of anilines is 2. The van der Waals surface area contributed by atoms with Crippen molar-refractivity contribution in [3.8, 4) is 0 Å². The Morgan fingerprint density at radius 2 is 2.53 bits per heavy atom. The number of aromatic nitrogens is 1. The Bertz CT molecular complexity index is 418. The predicted octanol–water partition coefficient (Wildman–Crippen LogP) is 0.651. The maximum absolute atomic E-state index is 11.3. The molecule has 0 saturated carbocycles. The highest BCUT2D eigenvalue weighted by molar-refractivity contribution is 5.90. The number of nitrogens with zero attached hydrogens (tertiary/aromatic N) is 1. The number of carbonyl (C=O) groups excluding carboxylic acids is 1. The first kappa shape index (κ1) is 11.7. The van der Waals surface area contributed by atoms with E-state index in [2.05, 4.69) is 15.0 Å². The molecule has 1 aromatic rings. The number of ether oxygens (including phenoxy) is 2. The zero-order valence-corrected chi connectivity index (χ0v) is 9.60. The van der Waals surface area contributed by atoms with Gasteiger partial charge < -0.3 is 20.5 Å². The SMILES string of the molecule is COC(=O)c1cnc(N)c(NC[C@@H]2CCO2)c1. The quantitative estimate of drug-likeness (QED) is 0.748. The van der Waals surface area contributed by atoms with Crippen LogP contribution in [-0.4, -0.2) is 37.3 Å². The molecule has 1 saturated heterocycles. The highest BCUT2D eigenvalue weighted by atomic mass is 16.5. The zero-order chi connectivity index (χ0) is 12.3. The smallest absolute Gasteiger partial charge is 0.339 e. The van der Waals surface area contributed by atoms with Crippen LogP contribution in [0, 0.1) is 0 Å². The predicted molar refractivity (Wildman–Crippen MR) is 62.8 cm³/mol. The lowest BCUT2D eigenvalue weighted by Gasteiger charge is -2.27. The lowest BCUT2D eigenvalue weighted by molar-refractivity contribution is -0.0410. The van der Waals surface area contributed by atoms with Gasteiger partial charge in [0.15, 0.2) is 0 Å². The fourth-order valence-corrected chi connectivity index (χ4v) is 1.52. The van der Waals surface area contributed by atoms with Gasteiger partial charge in [-0.05, 0) is 12.5 Å². The summed E-state index contributed by atoms with van der Waals surface area (Å²) >= 11 is 0. The molecule has 0 aromatic carbocycles. The summed E-state index contributed by atoms with van der Waals surface area (Å²) in [7, 11) is 1.33. The number of esters is 1. The lowest BCUT2D eigenvalue weighted by atomic mass is 10.2. The number of pyridine rings is 1. The van der Waals surface area contributed by atoms with Gasteiger partial charge in [-0.1, -0.05) is 0 Å². The summed E-state index contributed by atoms with van der Waals surface area (Å²) in [4.78, 5) is 15.3. The number of hydrogen-bond donors (Lipinski definition) is 2. The second-order valence-corrected chi connectivity index (χ2v) is 3.81. The van der Waals surface area contributed by atoms with E-state index < -0.39 is 5.97 Å². The van der Waals surface area contributed by atoms with Gasteiger partial charge in [-0.2, -0.15) is 0 Å². The molecule has 1 atom stereocenters. The number of rotatable bonds is 4. The maximum atomic E-state index is 11.3. The fraction of sp³-hybridized carbons (Fsp3) is 0.455. The summed E-state index contributed by atoms with van der Waals surface area (Å²) in [6, 6.07) is 1.63. The van der Waals surface area contributed by atoms with Crippen LogP contribution in [0.1, 0.15) is 16.8 Å². The molecule has 1 aliphatic heterocycles. The second-order valence-electron chi connectivity index (χ2n) is 3.81. The van der Waals surface area contributed by atoms with E-state index in [-0.39, 0.29) is 6.10 Å². The van der Waals surface area contributed by atoms with Crippen molar-refractivity contribution in [1.82, 2.24) is 4.98 Å². The molecule has 0 spiro atoms. The highest BCUT2D eigenvalue weighted by Gasteiger charge is 2.18. The molecule has 92 valence electrons. The molecule has 0 aliphatic carbocycles. The molecule has 0 bridgehead atoms. The Labute approximate surface area is 99.1 Å². The minimum absolute atomic E-state index is 0.219. The van der Waals surface area contributed by atoms with Gasteiger partial charge in [-0.3, -0.25) is 0 Å². The van der Waals surface area contributed by atoms with E-state index >= 15 is 0 Å². The summed E-state index contributed by atoms with van der Waals surface area (Å²) < 4.78 is 9.89. The van der Waals surface area contributed by atoms with Crippen molar-refractivity contribution in [3.05, 3.63) is 17.8 Å². The van der Waals surface area contributed by atoms with Gasteiger partial charge in [0.1, 0.15) is 5.82 Å². The molecule has 6 nitrogen and oxygen atoms in total. The monoisotopic (exact) mass is 237 g/mol. The third-order valence-corrected chi connectivity index (χ3v) is 2.65. The average molecular weight is 237 g/mol. The summed E-state index contributed by atoms with van der Waals surface area (Å²) in [6.07, 6.45) is 2.65. The molecule has 3 N–H and O–H groups in total. The van der Waals surface area contributed by atoms with Crippen molar-refractivity contribution < 1.29 is 14.3 Å². The van der Waals surface area contributed by atoms with E-state index in [4.69, 9.17) is 10.5 Å². The van der Waals surface area contributed by atoms with Gasteiger partial charge in [0, 0.05) is 19.3 Å². The Morgan fingerprint density at radius 3 is 3.12 bits per heavy atom. The highest BCUT2D eigenvalue weighted by Crippen LogP contribution is 2.19. The van der Waals surface area contributed by atoms with Crippen molar-refractivity contribution in [2.75, 3.05) is 31.3 Å². The third kappa shape index (κ3) is 2.65. The molecular weight excluding hydrogens is 222 g/mol. The Kier molecular flexibility index (Phi) is 3.43. The minimum atomic E-state index is -0.430. The van der Waals surface area contributed by atoms with E-state index in [0.717, 1.165) is 13.0 Å². The van der Waals surface area contributed by atoms with E-state index in [9.17, 15) is 4.79 Å². The minimum Gasteiger partial charge on any atom is -0.465 e. The number of hydrogen-bond acceptors (Lipinski definition) is 6. The Balaban J connectivity index is 2.05. The van der Waals surface area contributed by atoms with Crippen LogP contribution in [0.3, 0.4) is 0 Å². The van der Waals surface area contributed by atoms with Crippen LogP contribution >= 0.6 is 0 Å². The lowest BCUT2D eigenvalue weighted by Crippen LogP contribution is -2.33. The maximum Gasteiger partial charge on any atom is 0.339 e. The van der Waals surface area contributed by atoms with Crippen molar-refractivity contribution in [3.63, 3.8) is 0 Å². The van der Waals surface area contributed by atoms with Crippen LogP contribution < -0.4 is 11.1 Å². The molecular formula is C11H15N3O3. The molecule has 1 fully saturated rings. The standard InChI is InChI=1S/C11H15N3O3/c1-16-11(15)7-4-9(10(12)14-5-7)13-6-8-2-3-17-8/h4-5,8,13H,2-3,6H2,1H3,(H2,12,14)/t8-/m0/s1. The normalized spacial score (nSPS) is 18.3. The van der Waals surface area contributed by atoms with Crippen LogP contribution in [0.25, 0.3) is 0 Å². The van der Waals surface area contributed by atoms with Crippen molar-refractivity contribution in [1.29, 1.82) is 0 Å². The van der Waals surface area contributed by atoms with E-state index in [0.29, 0.717) is 23.6 Å². The van der Waals surface area contributed by atoms with Crippen molar-refractivity contribution in [2.24, 2.45) is 0 Å². The Morgan fingerprint density at radius 1 is 1.76 bits per heavy atom. The number of carbonyl (C=O) groups is 1. The zero-order valence-electron chi connectivity index (χ0n) is 9.60. The molecule has 2 rings (SSSR count). The topological polar surface area (TPSA) is 86.5 Å². The van der Waals surface area contributed by atoms with Crippen molar-refractivity contribution in [2.45, 2.75) is 12.5 Å². The van der Waals surface area contributed by atoms with Gasteiger partial charge >= 0.3 is 5.97 Å². The number of nitrogens with one attached hydrogen (secondary N) is 1. The van der Waals surface area contributed by atoms with E-state index in [1.54, 1.807) is 6.07 Å². The number of nitrogen functional groups attached to an aromatic ring is 1. The molecule has 17 heavy (non-hydrogen) atoms. The van der Waals surface area contributed by atoms with Crippen molar-refractivity contribution >= 4 is 17.5 Å². The van der Waals surface area contributed by atoms with Gasteiger partial charge in [-0.25, -0.2) is 9.78 Å². The fourth-order valence-electron chi connectivity index (χ4n) is 1.52. The van der Waals surface area contributed by atoms with Gasteiger partial charge in [0.2, 0.25) is 0 Å². The Hall–Kier alpha value is -1.82. The summed E-state index contributed by atoms with van der Waals surface area (Å²) in [5.74, 6) is -0.0718. The third-order valence-electron chi connectivity index (χ3n) is 2.65. The average Bonchev–Trinajstić information content (AvgIpc) is 2.28. The number of methoxy groups -OCH3 is 1. The second kappa shape index (κ2) is 5.01. The van der Waals surface area contributed by atoms with Gasteiger partial charge in [0.05, 0.1) is 24.5 Å². The van der Waals surface area contributed by atoms with E-state index in [1.165, 1.54) is 13.3 Å². The summed E-state index contributed by atoms with van der Waals surface area (Å²) in [5.41, 5.74) is 6.71. The molecule has 0 unspecified atom stereocenters. The first-order valence-electron chi connectivity index (χ1n) is 5.40. The molecule has 2 heterocycles. The van der Waals surface area contributed by atoms with Crippen LogP contribution in [-0.2, 0) is 9.47 Å². The van der Waals surface area contributed by atoms with Crippen LogP contribution in [0.5, 0.6) is 0 Å². The molecule has 0 radical (unpaired) electrons. The van der Waals surface area contributed by atoms with Gasteiger partial charge in [-0.15, -0.1) is 0 Å². The van der Waals surface area contributed by atoms with Crippen LogP contribution in [0.15, 0.2) is 12.3 Å². The first-order valence-corrected chi connectivity index (χ1v) is 5.40. The van der Waals surface area contributed by atoms with Crippen LogP contribution in [0.4, 0.5) is 11.5 Å². The van der Waals surface area contributed by atoms with Gasteiger partial charge in [0.25, 0.3) is 0 Å². The largest absolute Gasteiger partial charge is 0.465 e. The summed E-state index contributed by atoms with van der Waals surface area (Å²) in [5, 5.41) is 3.11. The summed E-state index contributed by atoms with van der Waals surface area (Å²) in [6.45, 7) is 1.47. The van der Waals surface area contributed by atoms with E-state index in [1.807, 2.05) is 0 Å². The molecule has 0 amide bonds. The first-order chi connectivity index (χ1) is 8.20.